The van der Waals surface area contributed by atoms with Crippen LogP contribution in [-0.4, -0.2) is 23.0 Å². The van der Waals surface area contributed by atoms with Gasteiger partial charge in [-0.25, -0.2) is 9.97 Å². The van der Waals surface area contributed by atoms with Crippen LogP contribution in [0, 0.1) is 6.92 Å². The summed E-state index contributed by atoms with van der Waals surface area (Å²) in [7, 11) is -2.00. The summed E-state index contributed by atoms with van der Waals surface area (Å²) in [5.74, 6) is 0.242. The third-order valence-corrected chi connectivity index (χ3v) is 3.99. The molecule has 2 aromatic heterocycles. The maximum Gasteiger partial charge on any atom is 0.282 e. The van der Waals surface area contributed by atoms with Gasteiger partial charge in [0.2, 0.25) is 0 Å². The van der Waals surface area contributed by atoms with Crippen molar-refractivity contribution in [1.82, 2.24) is 14.5 Å². The number of aryl methyl sites for hydroxylation is 2. The fourth-order valence-electron chi connectivity index (χ4n) is 1.32. The highest BCUT2D eigenvalue weighted by Crippen LogP contribution is 2.22. The van der Waals surface area contributed by atoms with Gasteiger partial charge in [-0.05, 0) is 34.5 Å². The van der Waals surface area contributed by atoms with Gasteiger partial charge in [0.15, 0.2) is 10.8 Å². The van der Waals surface area contributed by atoms with Crippen LogP contribution < -0.4 is 4.72 Å². The number of hydrogen-bond donors (Lipinski definition) is 1. The minimum Gasteiger partial charge on any atom is -0.339 e. The summed E-state index contributed by atoms with van der Waals surface area (Å²) in [6, 6.07) is 1.78. The van der Waals surface area contributed by atoms with E-state index in [0.29, 0.717) is 4.47 Å². The van der Waals surface area contributed by atoms with Crippen LogP contribution in [-0.2, 0) is 17.1 Å². The van der Waals surface area contributed by atoms with Crippen LogP contribution in [0.15, 0.2) is 34.3 Å². The Hall–Kier alpha value is -1.41. The molecule has 0 saturated heterocycles. The fraction of sp³-hybridized carbons (Fsp3) is 0.200. The second kappa shape index (κ2) is 4.69. The predicted molar refractivity (Wildman–Crippen MR) is 70.7 cm³/mol. The van der Waals surface area contributed by atoms with E-state index in [-0.39, 0.29) is 10.8 Å². The number of hydrogen-bond acceptors (Lipinski definition) is 4. The lowest BCUT2D eigenvalue weighted by Crippen LogP contribution is -2.14. The van der Waals surface area contributed by atoms with Crippen molar-refractivity contribution in [3.05, 3.63) is 34.8 Å². The van der Waals surface area contributed by atoms with Crippen LogP contribution in [0.4, 0.5) is 5.82 Å². The van der Waals surface area contributed by atoms with Gasteiger partial charge >= 0.3 is 0 Å². The SMILES string of the molecule is Cc1cnc(NS(=O)(=O)c2cn(C)cn2)c(Br)c1. The fourth-order valence-corrected chi connectivity index (χ4v) is 3.02. The number of anilines is 1. The number of nitrogens with zero attached hydrogens (tertiary/aromatic N) is 3. The topological polar surface area (TPSA) is 76.9 Å². The zero-order valence-corrected chi connectivity index (χ0v) is 12.2. The summed E-state index contributed by atoms with van der Waals surface area (Å²) in [6.45, 7) is 1.87. The summed E-state index contributed by atoms with van der Waals surface area (Å²) in [5.41, 5.74) is 0.933. The number of pyridine rings is 1. The van der Waals surface area contributed by atoms with Gasteiger partial charge in [0.1, 0.15) is 0 Å². The molecule has 0 radical (unpaired) electrons. The van der Waals surface area contributed by atoms with E-state index < -0.39 is 10.0 Å². The molecule has 0 aromatic carbocycles. The maximum absolute atomic E-state index is 12.0. The summed E-state index contributed by atoms with van der Waals surface area (Å²) >= 11 is 3.26. The van der Waals surface area contributed by atoms with E-state index in [0.717, 1.165) is 5.56 Å². The number of aromatic nitrogens is 3. The molecule has 0 aliphatic carbocycles. The molecule has 18 heavy (non-hydrogen) atoms. The van der Waals surface area contributed by atoms with E-state index in [2.05, 4.69) is 30.6 Å². The van der Waals surface area contributed by atoms with Crippen molar-refractivity contribution < 1.29 is 8.42 Å². The van der Waals surface area contributed by atoms with Crippen molar-refractivity contribution >= 4 is 31.8 Å². The lowest BCUT2D eigenvalue weighted by atomic mass is 10.3. The molecule has 96 valence electrons. The molecule has 0 unspecified atom stereocenters. The van der Waals surface area contributed by atoms with E-state index in [9.17, 15) is 8.42 Å². The van der Waals surface area contributed by atoms with E-state index in [1.165, 1.54) is 12.5 Å². The Kier molecular flexibility index (Phi) is 3.40. The number of sulfonamides is 1. The molecule has 1 N–H and O–H groups in total. The Bertz CT molecular complexity index is 681. The van der Waals surface area contributed by atoms with Crippen LogP contribution in [0.1, 0.15) is 5.56 Å². The average Bonchev–Trinajstić information content (AvgIpc) is 2.70. The molecule has 8 heteroatoms. The first-order valence-corrected chi connectivity index (χ1v) is 7.29. The summed E-state index contributed by atoms with van der Waals surface area (Å²) in [6.07, 6.45) is 4.43. The molecule has 0 saturated carbocycles. The van der Waals surface area contributed by atoms with Gasteiger partial charge in [-0.1, -0.05) is 0 Å². The third kappa shape index (κ3) is 2.70. The lowest BCUT2D eigenvalue weighted by Gasteiger charge is -2.07. The molecule has 0 spiro atoms. The smallest absolute Gasteiger partial charge is 0.282 e. The number of nitrogens with one attached hydrogen (secondary N) is 1. The predicted octanol–water partition coefficient (Wildman–Crippen LogP) is 1.69. The third-order valence-electron chi connectivity index (χ3n) is 2.17. The first-order chi connectivity index (χ1) is 8.38. The summed E-state index contributed by atoms with van der Waals surface area (Å²) in [4.78, 5) is 7.82. The lowest BCUT2D eigenvalue weighted by molar-refractivity contribution is 0.598. The Morgan fingerprint density at radius 1 is 1.39 bits per heavy atom. The Morgan fingerprint density at radius 3 is 2.67 bits per heavy atom. The van der Waals surface area contributed by atoms with Gasteiger partial charge < -0.3 is 4.57 Å². The van der Waals surface area contributed by atoms with Crippen LogP contribution in [0.25, 0.3) is 0 Å². The monoisotopic (exact) mass is 330 g/mol. The van der Waals surface area contributed by atoms with E-state index in [1.807, 2.05) is 6.92 Å². The standard InChI is InChI=1S/C10H11BrN4O2S/c1-7-3-8(11)10(12-4-7)14-18(16,17)9-5-15(2)6-13-9/h3-6H,1-2H3,(H,12,14). The molecule has 0 fully saturated rings. The molecule has 2 heterocycles. The highest BCUT2D eigenvalue weighted by atomic mass is 79.9. The molecular weight excluding hydrogens is 320 g/mol. The van der Waals surface area contributed by atoms with Crippen molar-refractivity contribution in [3.63, 3.8) is 0 Å². The molecule has 0 bridgehead atoms. The highest BCUT2D eigenvalue weighted by Gasteiger charge is 2.18. The van der Waals surface area contributed by atoms with E-state index >= 15 is 0 Å². The molecule has 0 amide bonds. The normalized spacial score (nSPS) is 11.5. The summed E-state index contributed by atoms with van der Waals surface area (Å²) in [5, 5.41) is -0.0423. The quantitative estimate of drug-likeness (QED) is 0.928. The first-order valence-electron chi connectivity index (χ1n) is 5.01. The Balaban J connectivity index is 2.33. The largest absolute Gasteiger partial charge is 0.339 e. The minimum atomic E-state index is -3.70. The minimum absolute atomic E-state index is 0.0423. The van der Waals surface area contributed by atoms with E-state index in [1.54, 1.807) is 23.9 Å². The molecule has 6 nitrogen and oxygen atoms in total. The van der Waals surface area contributed by atoms with Crippen molar-refractivity contribution in [3.8, 4) is 0 Å². The summed E-state index contributed by atoms with van der Waals surface area (Å²) < 4.78 is 28.5. The molecule has 2 rings (SSSR count). The number of halogens is 1. The van der Waals surface area contributed by atoms with Gasteiger partial charge in [0, 0.05) is 19.4 Å². The first kappa shape index (κ1) is 13.0. The molecule has 2 aromatic rings. The van der Waals surface area contributed by atoms with Gasteiger partial charge in [-0.15, -0.1) is 0 Å². The van der Waals surface area contributed by atoms with Gasteiger partial charge in [0.05, 0.1) is 10.8 Å². The average molecular weight is 331 g/mol. The second-order valence-electron chi connectivity index (χ2n) is 3.83. The highest BCUT2D eigenvalue weighted by molar-refractivity contribution is 9.10. The Morgan fingerprint density at radius 2 is 2.11 bits per heavy atom. The second-order valence-corrected chi connectivity index (χ2v) is 6.31. The van der Waals surface area contributed by atoms with Gasteiger partial charge in [-0.2, -0.15) is 8.42 Å². The molecule has 0 aliphatic heterocycles. The molecule has 0 atom stereocenters. The van der Waals surface area contributed by atoms with Gasteiger partial charge in [-0.3, -0.25) is 4.72 Å². The number of imidazole rings is 1. The van der Waals surface area contributed by atoms with Crippen molar-refractivity contribution in [2.45, 2.75) is 11.9 Å². The van der Waals surface area contributed by atoms with Crippen LogP contribution in [0.2, 0.25) is 0 Å². The van der Waals surface area contributed by atoms with Crippen molar-refractivity contribution in [1.29, 1.82) is 0 Å². The zero-order chi connectivity index (χ0) is 13.3. The van der Waals surface area contributed by atoms with Crippen LogP contribution in [0.5, 0.6) is 0 Å². The number of rotatable bonds is 3. The Labute approximate surface area is 113 Å². The van der Waals surface area contributed by atoms with Crippen LogP contribution in [0.3, 0.4) is 0 Å². The van der Waals surface area contributed by atoms with Gasteiger partial charge in [0.25, 0.3) is 10.0 Å². The molecule has 0 aliphatic rings. The van der Waals surface area contributed by atoms with E-state index in [4.69, 9.17) is 0 Å². The molecular formula is C10H11BrN4O2S. The maximum atomic E-state index is 12.0. The van der Waals surface area contributed by atoms with Crippen LogP contribution >= 0.6 is 15.9 Å². The van der Waals surface area contributed by atoms with Crippen molar-refractivity contribution in [2.75, 3.05) is 4.72 Å². The van der Waals surface area contributed by atoms with Crippen molar-refractivity contribution in [2.24, 2.45) is 7.05 Å². The zero-order valence-electron chi connectivity index (χ0n) is 9.75.